The van der Waals surface area contributed by atoms with E-state index in [9.17, 15) is 0 Å². The first-order valence-electron chi connectivity index (χ1n) is 4.82. The summed E-state index contributed by atoms with van der Waals surface area (Å²) in [5, 5.41) is 4.13. The number of fused-ring (bicyclic) bond motifs is 3. The molecule has 1 nitrogen and oxygen atoms in total. The van der Waals surface area contributed by atoms with Gasteiger partial charge in [-0.25, -0.2) is 0 Å². The van der Waals surface area contributed by atoms with E-state index in [2.05, 4.69) is 47.4 Å². The molecule has 0 saturated heterocycles. The molecule has 0 atom stereocenters. The monoisotopic (exact) mass is 197 g/mol. The van der Waals surface area contributed by atoms with Gasteiger partial charge in [-0.2, -0.15) is 0 Å². The maximum atomic E-state index is 3.48. The maximum absolute atomic E-state index is 3.48. The first-order chi connectivity index (χ1) is 6.86. The molecule has 0 aliphatic rings. The minimum Gasteiger partial charge on any atom is -0.355 e. The molecule has 0 spiro atoms. The van der Waals surface area contributed by atoms with Gasteiger partial charge in [0.1, 0.15) is 0 Å². The first kappa shape index (κ1) is 7.82. The molecule has 1 N–H and O–H groups in total. The van der Waals surface area contributed by atoms with E-state index in [0.717, 1.165) is 10.2 Å². The van der Waals surface area contributed by atoms with Crippen LogP contribution in [0.2, 0.25) is 0 Å². The van der Waals surface area contributed by atoms with E-state index in [0.29, 0.717) is 0 Å². The number of nitrogens with one attached hydrogen (secondary N) is 1. The van der Waals surface area contributed by atoms with Crippen molar-refractivity contribution in [3.05, 3.63) is 42.5 Å². The van der Waals surface area contributed by atoms with Crippen molar-refractivity contribution in [2.24, 2.45) is 0 Å². The van der Waals surface area contributed by atoms with Gasteiger partial charge < -0.3 is 4.98 Å². The van der Waals surface area contributed by atoms with Gasteiger partial charge in [0, 0.05) is 32.0 Å². The lowest BCUT2D eigenvalue weighted by Gasteiger charge is -1.93. The molecule has 68 valence electrons. The van der Waals surface area contributed by atoms with Gasteiger partial charge in [0.15, 0.2) is 0 Å². The van der Waals surface area contributed by atoms with Gasteiger partial charge in [-0.15, -0.1) is 0 Å². The van der Waals surface area contributed by atoms with Crippen LogP contribution in [0.1, 0.15) is 0 Å². The number of H-pyrrole nitrogens is 1. The van der Waals surface area contributed by atoms with Crippen LogP contribution in [0.25, 0.3) is 21.8 Å². The lowest BCUT2D eigenvalue weighted by Crippen LogP contribution is -2.01. The van der Waals surface area contributed by atoms with E-state index in [1.807, 2.05) is 0 Å². The molecule has 0 saturated carbocycles. The number of aromatic nitrogens is 1. The Morgan fingerprint density at radius 1 is 0.857 bits per heavy atom. The topological polar surface area (TPSA) is 15.8 Å². The standard InChI is InChI=1S/C12H11NSi/c14-11-7-3-5-9-8-4-1-2-6-10(8)13-12(9)11/h1-7,13H,14H3. The lowest BCUT2D eigenvalue weighted by molar-refractivity contribution is 1.56. The number of hydrogen-bond donors (Lipinski definition) is 1. The van der Waals surface area contributed by atoms with E-state index in [-0.39, 0.29) is 0 Å². The molecule has 0 aliphatic carbocycles. The highest BCUT2D eigenvalue weighted by molar-refractivity contribution is 6.39. The Labute approximate surface area is 85.2 Å². The molecule has 0 fully saturated rings. The van der Waals surface area contributed by atoms with Gasteiger partial charge in [-0.1, -0.05) is 36.4 Å². The van der Waals surface area contributed by atoms with Crippen molar-refractivity contribution >= 4 is 37.2 Å². The highest BCUT2D eigenvalue weighted by Gasteiger charge is 2.03. The number of benzene rings is 2. The Morgan fingerprint density at radius 2 is 1.64 bits per heavy atom. The summed E-state index contributed by atoms with van der Waals surface area (Å²) in [6, 6.07) is 15.0. The third-order valence-electron chi connectivity index (χ3n) is 2.75. The zero-order chi connectivity index (χ0) is 9.54. The van der Waals surface area contributed by atoms with Crippen molar-refractivity contribution < 1.29 is 0 Å². The van der Waals surface area contributed by atoms with Crippen molar-refractivity contribution in [1.29, 1.82) is 0 Å². The molecule has 0 bridgehead atoms. The highest BCUT2D eigenvalue weighted by Crippen LogP contribution is 2.22. The number of aromatic amines is 1. The van der Waals surface area contributed by atoms with Crippen molar-refractivity contribution in [3.63, 3.8) is 0 Å². The van der Waals surface area contributed by atoms with E-state index in [4.69, 9.17) is 0 Å². The van der Waals surface area contributed by atoms with Gasteiger partial charge in [0.25, 0.3) is 0 Å². The average Bonchev–Trinajstić information content (AvgIpc) is 2.59. The van der Waals surface area contributed by atoms with Crippen LogP contribution >= 0.6 is 0 Å². The van der Waals surface area contributed by atoms with Crippen LogP contribution in [0, 0.1) is 0 Å². The molecule has 14 heavy (non-hydrogen) atoms. The predicted octanol–water partition coefficient (Wildman–Crippen LogP) is 1.31. The Bertz CT molecular complexity index is 610. The summed E-state index contributed by atoms with van der Waals surface area (Å²) in [4.78, 5) is 3.48. The second-order valence-corrected chi connectivity index (χ2v) is 4.75. The molecule has 2 heteroatoms. The smallest absolute Gasteiger partial charge is 0.0464 e. The minimum atomic E-state index is 1.09. The van der Waals surface area contributed by atoms with Gasteiger partial charge in [-0.3, -0.25) is 0 Å². The summed E-state index contributed by atoms with van der Waals surface area (Å²) in [6.07, 6.45) is 0. The van der Waals surface area contributed by atoms with E-state index in [1.165, 1.54) is 27.0 Å². The molecule has 1 heterocycles. The van der Waals surface area contributed by atoms with Gasteiger partial charge >= 0.3 is 0 Å². The minimum absolute atomic E-state index is 1.09. The third-order valence-corrected chi connectivity index (χ3v) is 3.58. The largest absolute Gasteiger partial charge is 0.355 e. The zero-order valence-electron chi connectivity index (χ0n) is 8.04. The molecular formula is C12H11NSi. The first-order valence-corrected chi connectivity index (χ1v) is 5.82. The average molecular weight is 197 g/mol. The van der Waals surface area contributed by atoms with E-state index >= 15 is 0 Å². The summed E-state index contributed by atoms with van der Waals surface area (Å²) < 4.78 is 0. The lowest BCUT2D eigenvalue weighted by atomic mass is 10.1. The van der Waals surface area contributed by atoms with Crippen LogP contribution in [-0.4, -0.2) is 15.2 Å². The fourth-order valence-electron chi connectivity index (χ4n) is 2.02. The SMILES string of the molecule is [SiH3]c1cccc2c1[nH]c1ccccc12. The molecule has 0 amide bonds. The van der Waals surface area contributed by atoms with Crippen molar-refractivity contribution in [1.82, 2.24) is 4.98 Å². The van der Waals surface area contributed by atoms with Gasteiger partial charge in [-0.05, 0) is 11.3 Å². The van der Waals surface area contributed by atoms with Crippen LogP contribution in [0.5, 0.6) is 0 Å². The molecule has 2 aromatic carbocycles. The van der Waals surface area contributed by atoms with Crippen LogP contribution in [0.4, 0.5) is 0 Å². The molecule has 0 unspecified atom stereocenters. The Morgan fingerprint density at radius 3 is 2.57 bits per heavy atom. The number of rotatable bonds is 0. The van der Waals surface area contributed by atoms with E-state index in [1.54, 1.807) is 0 Å². The van der Waals surface area contributed by atoms with Crippen LogP contribution in [0.15, 0.2) is 42.5 Å². The number of para-hydroxylation sites is 2. The second kappa shape index (κ2) is 2.72. The van der Waals surface area contributed by atoms with Gasteiger partial charge in [0.05, 0.1) is 0 Å². The second-order valence-electron chi connectivity index (χ2n) is 3.67. The number of hydrogen-bond acceptors (Lipinski definition) is 0. The molecule has 3 aromatic rings. The summed E-state index contributed by atoms with van der Waals surface area (Å²) in [5.74, 6) is 0. The fraction of sp³-hybridized carbons (Fsp3) is 0. The highest BCUT2D eigenvalue weighted by atomic mass is 28.1. The summed E-state index contributed by atoms with van der Waals surface area (Å²) >= 11 is 0. The fourth-order valence-corrected chi connectivity index (χ4v) is 2.61. The maximum Gasteiger partial charge on any atom is 0.0464 e. The van der Waals surface area contributed by atoms with Crippen molar-refractivity contribution in [2.75, 3.05) is 0 Å². The Hall–Kier alpha value is -1.54. The molecule has 0 radical (unpaired) electrons. The van der Waals surface area contributed by atoms with Crippen molar-refractivity contribution in [2.45, 2.75) is 0 Å². The third kappa shape index (κ3) is 0.945. The van der Waals surface area contributed by atoms with Crippen molar-refractivity contribution in [3.8, 4) is 0 Å². The van der Waals surface area contributed by atoms with E-state index < -0.39 is 0 Å². The molecule has 1 aromatic heterocycles. The van der Waals surface area contributed by atoms with Crippen LogP contribution < -0.4 is 5.19 Å². The Kier molecular flexibility index (Phi) is 1.52. The zero-order valence-corrected chi connectivity index (χ0v) is 10.0. The van der Waals surface area contributed by atoms with Crippen LogP contribution in [-0.2, 0) is 0 Å². The predicted molar refractivity (Wildman–Crippen MR) is 65.4 cm³/mol. The summed E-state index contributed by atoms with van der Waals surface area (Å²) in [6.45, 7) is 0. The summed E-state index contributed by atoms with van der Waals surface area (Å²) in [7, 11) is 1.09. The molecular weight excluding hydrogens is 186 g/mol. The quantitative estimate of drug-likeness (QED) is 0.523. The Balaban J connectivity index is 2.63. The summed E-state index contributed by atoms with van der Waals surface area (Å²) in [5.41, 5.74) is 2.56. The molecule has 3 rings (SSSR count). The normalized spacial score (nSPS) is 11.4. The molecule has 0 aliphatic heterocycles. The van der Waals surface area contributed by atoms with Crippen LogP contribution in [0.3, 0.4) is 0 Å². The van der Waals surface area contributed by atoms with Gasteiger partial charge in [0.2, 0.25) is 0 Å².